The molecule has 4 rings (SSSR count). The van der Waals surface area contributed by atoms with Crippen LogP contribution in [0.4, 0.5) is 5.82 Å². The number of aromatic nitrogens is 1. The van der Waals surface area contributed by atoms with Crippen LogP contribution >= 0.6 is 12.4 Å². The molecule has 1 aliphatic carbocycles. The van der Waals surface area contributed by atoms with Crippen molar-refractivity contribution in [3.05, 3.63) is 23.9 Å². The Kier molecular flexibility index (Phi) is 7.55. The van der Waals surface area contributed by atoms with E-state index >= 15 is 0 Å². The topological polar surface area (TPSA) is 49.4 Å². The monoisotopic (exact) mass is 380 g/mol. The lowest BCUT2D eigenvalue weighted by molar-refractivity contribution is 0.0524. The molecule has 0 spiro atoms. The number of piperidine rings is 1. The largest absolute Gasteiger partial charge is 0.379 e. The molecule has 3 atom stereocenters. The van der Waals surface area contributed by atoms with E-state index in [0.29, 0.717) is 18.0 Å². The fourth-order valence-electron chi connectivity index (χ4n) is 4.66. The first kappa shape index (κ1) is 19.9. The van der Waals surface area contributed by atoms with Crippen LogP contribution in [-0.4, -0.2) is 49.9 Å². The normalized spacial score (nSPS) is 29.4. The molecule has 0 amide bonds. The van der Waals surface area contributed by atoms with Crippen LogP contribution in [0, 0.1) is 5.92 Å². The number of hydrogen-bond donors (Lipinski definition) is 2. The molecule has 0 aromatic carbocycles. The molecule has 0 radical (unpaired) electrons. The van der Waals surface area contributed by atoms with Gasteiger partial charge in [0.25, 0.3) is 0 Å². The van der Waals surface area contributed by atoms with Crippen LogP contribution < -0.4 is 15.5 Å². The summed E-state index contributed by atoms with van der Waals surface area (Å²) in [4.78, 5) is 7.13. The van der Waals surface area contributed by atoms with Crippen molar-refractivity contribution in [2.45, 2.75) is 57.2 Å². The zero-order chi connectivity index (χ0) is 16.9. The summed E-state index contributed by atoms with van der Waals surface area (Å²) in [5.41, 5.74) is 1.29. The lowest BCUT2D eigenvalue weighted by atomic mass is 9.94. The highest BCUT2D eigenvalue weighted by Gasteiger charge is 2.34. The summed E-state index contributed by atoms with van der Waals surface area (Å²) in [5.74, 6) is 1.84. The number of nitrogens with zero attached hydrogens (tertiary/aromatic N) is 2. The Hall–Kier alpha value is -0.880. The van der Waals surface area contributed by atoms with Crippen molar-refractivity contribution in [2.75, 3.05) is 37.7 Å². The third kappa shape index (κ3) is 4.89. The van der Waals surface area contributed by atoms with Crippen LogP contribution in [0.2, 0.25) is 0 Å². The summed E-state index contributed by atoms with van der Waals surface area (Å²) in [6.45, 7) is 5.96. The van der Waals surface area contributed by atoms with E-state index in [4.69, 9.17) is 9.72 Å². The SMILES string of the molecule is Cl.c1cc(N2CCCCC2)ncc1CNC1CCCC1C1COCCN1. The van der Waals surface area contributed by atoms with E-state index in [1.807, 2.05) is 0 Å². The molecule has 2 saturated heterocycles. The highest BCUT2D eigenvalue weighted by molar-refractivity contribution is 5.85. The molecular formula is C20H33ClN4O. The summed E-state index contributed by atoms with van der Waals surface area (Å²) >= 11 is 0. The highest BCUT2D eigenvalue weighted by atomic mass is 35.5. The van der Waals surface area contributed by atoms with Crippen molar-refractivity contribution < 1.29 is 4.74 Å². The number of morpholine rings is 1. The van der Waals surface area contributed by atoms with Crippen molar-refractivity contribution in [1.29, 1.82) is 0 Å². The minimum atomic E-state index is 0. The molecule has 146 valence electrons. The summed E-state index contributed by atoms with van der Waals surface area (Å²) in [6.07, 6.45) is 9.93. The van der Waals surface area contributed by atoms with Gasteiger partial charge in [0, 0.05) is 44.5 Å². The summed E-state index contributed by atoms with van der Waals surface area (Å²) < 4.78 is 5.67. The number of anilines is 1. The van der Waals surface area contributed by atoms with Gasteiger partial charge < -0.3 is 20.3 Å². The number of pyridine rings is 1. The molecule has 3 unspecified atom stereocenters. The van der Waals surface area contributed by atoms with Crippen molar-refractivity contribution >= 4 is 18.2 Å². The average molecular weight is 381 g/mol. The molecule has 2 aliphatic heterocycles. The van der Waals surface area contributed by atoms with Gasteiger partial charge in [-0.15, -0.1) is 12.4 Å². The molecule has 26 heavy (non-hydrogen) atoms. The fourth-order valence-corrected chi connectivity index (χ4v) is 4.66. The predicted octanol–water partition coefficient (Wildman–Crippen LogP) is 2.74. The standard InChI is InChI=1S/C20H32N4O.ClH/c1-2-10-24(11-3-1)20-8-7-16(14-23-20)13-22-18-6-4-5-17(18)19-15-25-12-9-21-19;/h7-8,14,17-19,21-22H,1-6,9-13,15H2;1H. The van der Waals surface area contributed by atoms with Crippen LogP contribution in [0.3, 0.4) is 0 Å². The lowest BCUT2D eigenvalue weighted by Gasteiger charge is -2.33. The number of nitrogens with one attached hydrogen (secondary N) is 2. The second-order valence-electron chi connectivity index (χ2n) is 7.79. The molecule has 6 heteroatoms. The second-order valence-corrected chi connectivity index (χ2v) is 7.79. The smallest absolute Gasteiger partial charge is 0.128 e. The van der Waals surface area contributed by atoms with E-state index in [0.717, 1.165) is 45.2 Å². The molecule has 0 bridgehead atoms. The van der Waals surface area contributed by atoms with Crippen molar-refractivity contribution in [3.63, 3.8) is 0 Å². The summed E-state index contributed by atoms with van der Waals surface area (Å²) in [5, 5.41) is 7.45. The Morgan fingerprint density at radius 2 is 2.04 bits per heavy atom. The minimum Gasteiger partial charge on any atom is -0.379 e. The van der Waals surface area contributed by atoms with Crippen LogP contribution in [0.15, 0.2) is 18.3 Å². The van der Waals surface area contributed by atoms with E-state index in [1.165, 1.54) is 44.1 Å². The predicted molar refractivity (Wildman–Crippen MR) is 108 cm³/mol. The van der Waals surface area contributed by atoms with Gasteiger partial charge in [-0.05, 0) is 49.7 Å². The molecule has 3 heterocycles. The van der Waals surface area contributed by atoms with Gasteiger partial charge in [-0.25, -0.2) is 4.98 Å². The maximum atomic E-state index is 5.67. The number of hydrogen-bond acceptors (Lipinski definition) is 5. The molecule has 5 nitrogen and oxygen atoms in total. The molecule has 1 saturated carbocycles. The van der Waals surface area contributed by atoms with Crippen molar-refractivity contribution in [2.24, 2.45) is 5.92 Å². The van der Waals surface area contributed by atoms with E-state index in [-0.39, 0.29) is 12.4 Å². The molecule has 1 aromatic rings. The summed E-state index contributed by atoms with van der Waals surface area (Å²) in [7, 11) is 0. The van der Waals surface area contributed by atoms with E-state index in [2.05, 4.69) is 33.9 Å². The van der Waals surface area contributed by atoms with Gasteiger partial charge in [0.05, 0.1) is 13.2 Å². The molecule has 1 aromatic heterocycles. The lowest BCUT2D eigenvalue weighted by Crippen LogP contribution is -2.50. The van der Waals surface area contributed by atoms with Gasteiger partial charge in [0.15, 0.2) is 0 Å². The third-order valence-electron chi connectivity index (χ3n) is 6.09. The zero-order valence-corrected chi connectivity index (χ0v) is 16.5. The Labute approximate surface area is 163 Å². The Bertz CT molecular complexity index is 529. The van der Waals surface area contributed by atoms with Gasteiger partial charge in [0.1, 0.15) is 5.82 Å². The van der Waals surface area contributed by atoms with Crippen molar-refractivity contribution in [3.8, 4) is 0 Å². The maximum absolute atomic E-state index is 5.67. The molecule has 3 aliphatic rings. The van der Waals surface area contributed by atoms with Gasteiger partial charge >= 0.3 is 0 Å². The first-order chi connectivity index (χ1) is 12.4. The first-order valence-electron chi connectivity index (χ1n) is 10.1. The van der Waals surface area contributed by atoms with Crippen LogP contribution in [0.25, 0.3) is 0 Å². The number of ether oxygens (including phenoxy) is 1. The Balaban J connectivity index is 0.00000196. The average Bonchev–Trinajstić information content (AvgIpc) is 3.17. The maximum Gasteiger partial charge on any atom is 0.128 e. The Morgan fingerprint density at radius 1 is 1.15 bits per heavy atom. The first-order valence-corrected chi connectivity index (χ1v) is 10.1. The minimum absolute atomic E-state index is 0. The Morgan fingerprint density at radius 3 is 2.77 bits per heavy atom. The second kappa shape index (κ2) is 9.88. The van der Waals surface area contributed by atoms with Gasteiger partial charge in [-0.1, -0.05) is 12.5 Å². The van der Waals surface area contributed by atoms with Gasteiger partial charge in [0.2, 0.25) is 0 Å². The highest BCUT2D eigenvalue weighted by Crippen LogP contribution is 2.29. The van der Waals surface area contributed by atoms with Crippen molar-refractivity contribution in [1.82, 2.24) is 15.6 Å². The van der Waals surface area contributed by atoms with Crippen LogP contribution in [0.1, 0.15) is 44.1 Å². The van der Waals surface area contributed by atoms with Crippen LogP contribution in [0.5, 0.6) is 0 Å². The third-order valence-corrected chi connectivity index (χ3v) is 6.09. The van der Waals surface area contributed by atoms with Gasteiger partial charge in [-0.2, -0.15) is 0 Å². The van der Waals surface area contributed by atoms with E-state index in [1.54, 1.807) is 0 Å². The quantitative estimate of drug-likeness (QED) is 0.822. The molecule has 2 N–H and O–H groups in total. The fraction of sp³-hybridized carbons (Fsp3) is 0.750. The van der Waals surface area contributed by atoms with E-state index in [9.17, 15) is 0 Å². The molecule has 3 fully saturated rings. The van der Waals surface area contributed by atoms with E-state index < -0.39 is 0 Å². The molecular weight excluding hydrogens is 348 g/mol. The summed E-state index contributed by atoms with van der Waals surface area (Å²) in [6, 6.07) is 5.57. The number of rotatable bonds is 5. The van der Waals surface area contributed by atoms with Crippen LogP contribution in [-0.2, 0) is 11.3 Å². The van der Waals surface area contributed by atoms with Gasteiger partial charge in [-0.3, -0.25) is 0 Å². The number of halogens is 1. The zero-order valence-electron chi connectivity index (χ0n) is 15.7.